The lowest BCUT2D eigenvalue weighted by molar-refractivity contribution is 0.199. The third kappa shape index (κ3) is 3.33. The highest BCUT2D eigenvalue weighted by Gasteiger charge is 2.16. The second-order valence-electron chi connectivity index (χ2n) is 4.60. The standard InChI is InChI=1S/C15H18FNOS/c1-11(18)13-6-3-7-14(16)15(13)17(2)9-8-12-5-4-10-19-12/h3-7,10-11,18H,8-9H2,1-2H3/t11-/m0/s1. The number of para-hydroxylation sites is 1. The van der Waals surface area contributed by atoms with E-state index in [2.05, 4.69) is 6.07 Å². The molecule has 0 saturated carbocycles. The number of likely N-dealkylation sites (N-methyl/N-ethyl adjacent to an activating group) is 1. The first-order valence-electron chi connectivity index (χ1n) is 6.29. The van der Waals surface area contributed by atoms with Gasteiger partial charge in [0.25, 0.3) is 0 Å². The van der Waals surface area contributed by atoms with E-state index in [1.54, 1.807) is 30.4 Å². The molecule has 4 heteroatoms. The molecule has 1 N–H and O–H groups in total. The molecule has 0 bridgehead atoms. The number of thiophene rings is 1. The van der Waals surface area contributed by atoms with Crippen molar-refractivity contribution in [3.05, 3.63) is 52.0 Å². The molecule has 2 aromatic rings. The largest absolute Gasteiger partial charge is 0.389 e. The van der Waals surface area contributed by atoms with Gasteiger partial charge in [0.2, 0.25) is 0 Å². The third-order valence-electron chi connectivity index (χ3n) is 3.12. The van der Waals surface area contributed by atoms with Crippen LogP contribution in [0.1, 0.15) is 23.5 Å². The molecule has 1 aromatic carbocycles. The van der Waals surface area contributed by atoms with E-state index in [1.807, 2.05) is 23.4 Å². The Hall–Kier alpha value is -1.39. The summed E-state index contributed by atoms with van der Waals surface area (Å²) in [6, 6.07) is 8.93. The van der Waals surface area contributed by atoms with E-state index in [9.17, 15) is 9.50 Å². The molecule has 19 heavy (non-hydrogen) atoms. The molecule has 0 aliphatic heterocycles. The van der Waals surface area contributed by atoms with Gasteiger partial charge in [-0.25, -0.2) is 4.39 Å². The molecule has 0 unspecified atom stereocenters. The number of aliphatic hydroxyl groups excluding tert-OH is 1. The maximum absolute atomic E-state index is 14.0. The van der Waals surface area contributed by atoms with Gasteiger partial charge in [-0.1, -0.05) is 18.2 Å². The highest BCUT2D eigenvalue weighted by Crippen LogP contribution is 2.28. The van der Waals surface area contributed by atoms with Crippen LogP contribution >= 0.6 is 11.3 Å². The van der Waals surface area contributed by atoms with Crippen molar-refractivity contribution in [1.82, 2.24) is 0 Å². The van der Waals surface area contributed by atoms with Crippen LogP contribution in [0.25, 0.3) is 0 Å². The summed E-state index contributed by atoms with van der Waals surface area (Å²) in [5, 5.41) is 11.8. The van der Waals surface area contributed by atoms with Crippen molar-refractivity contribution < 1.29 is 9.50 Å². The Balaban J connectivity index is 2.16. The number of aliphatic hydroxyl groups is 1. The number of hydrogen-bond donors (Lipinski definition) is 1. The molecule has 0 spiro atoms. The van der Waals surface area contributed by atoms with Crippen LogP contribution in [-0.2, 0) is 6.42 Å². The molecule has 2 rings (SSSR count). The van der Waals surface area contributed by atoms with Crippen LogP contribution in [0.4, 0.5) is 10.1 Å². The van der Waals surface area contributed by atoms with Gasteiger partial charge in [0.15, 0.2) is 0 Å². The minimum absolute atomic E-state index is 0.285. The minimum Gasteiger partial charge on any atom is -0.389 e. The van der Waals surface area contributed by atoms with E-state index in [4.69, 9.17) is 0 Å². The van der Waals surface area contributed by atoms with Crippen molar-refractivity contribution in [2.45, 2.75) is 19.4 Å². The number of hydrogen-bond acceptors (Lipinski definition) is 3. The van der Waals surface area contributed by atoms with Crippen molar-refractivity contribution in [3.63, 3.8) is 0 Å². The topological polar surface area (TPSA) is 23.5 Å². The predicted molar refractivity (Wildman–Crippen MR) is 78.3 cm³/mol. The van der Waals surface area contributed by atoms with Crippen molar-refractivity contribution in [2.24, 2.45) is 0 Å². The molecule has 2 nitrogen and oxygen atoms in total. The van der Waals surface area contributed by atoms with E-state index in [0.717, 1.165) is 13.0 Å². The highest BCUT2D eigenvalue weighted by atomic mass is 32.1. The minimum atomic E-state index is -0.671. The Kier molecular flexibility index (Phi) is 4.56. The lowest BCUT2D eigenvalue weighted by Gasteiger charge is -2.24. The third-order valence-corrected chi connectivity index (χ3v) is 4.06. The van der Waals surface area contributed by atoms with Crippen LogP contribution < -0.4 is 4.90 Å². The zero-order valence-electron chi connectivity index (χ0n) is 11.1. The molecule has 1 atom stereocenters. The lowest BCUT2D eigenvalue weighted by Crippen LogP contribution is -2.23. The van der Waals surface area contributed by atoms with E-state index in [-0.39, 0.29) is 5.82 Å². The summed E-state index contributed by atoms with van der Waals surface area (Å²) in [5.41, 5.74) is 1.13. The molecule has 102 valence electrons. The van der Waals surface area contributed by atoms with Crippen molar-refractivity contribution in [1.29, 1.82) is 0 Å². The molecular weight excluding hydrogens is 261 g/mol. The van der Waals surface area contributed by atoms with E-state index >= 15 is 0 Å². The van der Waals surface area contributed by atoms with Gasteiger partial charge in [0.05, 0.1) is 11.8 Å². The van der Waals surface area contributed by atoms with Gasteiger partial charge in [0, 0.05) is 24.0 Å². The molecular formula is C15H18FNOS. The van der Waals surface area contributed by atoms with E-state index in [1.165, 1.54) is 10.9 Å². The molecule has 0 saturated heterocycles. The molecule has 0 radical (unpaired) electrons. The number of halogens is 1. The molecule has 1 heterocycles. The molecule has 0 aliphatic carbocycles. The maximum Gasteiger partial charge on any atom is 0.146 e. The number of benzene rings is 1. The van der Waals surface area contributed by atoms with Gasteiger partial charge >= 0.3 is 0 Å². The molecule has 0 aliphatic rings. The summed E-state index contributed by atoms with van der Waals surface area (Å²) in [7, 11) is 1.86. The van der Waals surface area contributed by atoms with Crippen LogP contribution in [0.15, 0.2) is 35.7 Å². The zero-order valence-corrected chi connectivity index (χ0v) is 12.0. The summed E-state index contributed by atoms with van der Waals surface area (Å²) in [6.45, 7) is 2.38. The average Bonchev–Trinajstić information content (AvgIpc) is 2.88. The van der Waals surface area contributed by atoms with Gasteiger partial charge in [-0.15, -0.1) is 11.3 Å². The van der Waals surface area contributed by atoms with E-state index < -0.39 is 6.10 Å². The molecule has 0 fully saturated rings. The quantitative estimate of drug-likeness (QED) is 0.903. The molecule has 1 aromatic heterocycles. The average molecular weight is 279 g/mol. The summed E-state index contributed by atoms with van der Waals surface area (Å²) in [4.78, 5) is 3.15. The number of rotatable bonds is 5. The first kappa shape index (κ1) is 14.0. The Labute approximate surface area is 117 Å². The second kappa shape index (κ2) is 6.17. The Morgan fingerprint density at radius 3 is 2.74 bits per heavy atom. The fraction of sp³-hybridized carbons (Fsp3) is 0.333. The van der Waals surface area contributed by atoms with Crippen LogP contribution in [0.2, 0.25) is 0 Å². The van der Waals surface area contributed by atoms with Crippen LogP contribution in [0.3, 0.4) is 0 Å². The zero-order chi connectivity index (χ0) is 13.8. The predicted octanol–water partition coefficient (Wildman–Crippen LogP) is 3.62. The Bertz CT molecular complexity index is 525. The van der Waals surface area contributed by atoms with Gasteiger partial charge in [-0.3, -0.25) is 0 Å². The maximum atomic E-state index is 14.0. The van der Waals surface area contributed by atoms with Crippen molar-refractivity contribution >= 4 is 17.0 Å². The van der Waals surface area contributed by atoms with E-state index in [0.29, 0.717) is 11.3 Å². The first-order chi connectivity index (χ1) is 9.09. The first-order valence-corrected chi connectivity index (χ1v) is 7.17. The lowest BCUT2D eigenvalue weighted by atomic mass is 10.1. The second-order valence-corrected chi connectivity index (χ2v) is 5.64. The van der Waals surface area contributed by atoms with Gasteiger partial charge < -0.3 is 10.0 Å². The monoisotopic (exact) mass is 279 g/mol. The van der Waals surface area contributed by atoms with Gasteiger partial charge in [-0.2, -0.15) is 0 Å². The summed E-state index contributed by atoms with van der Waals surface area (Å²) in [6.07, 6.45) is 0.205. The summed E-state index contributed by atoms with van der Waals surface area (Å²) >= 11 is 1.70. The van der Waals surface area contributed by atoms with Crippen LogP contribution in [-0.4, -0.2) is 18.7 Å². The number of anilines is 1. The molecule has 0 amide bonds. The fourth-order valence-electron chi connectivity index (χ4n) is 2.12. The smallest absolute Gasteiger partial charge is 0.146 e. The van der Waals surface area contributed by atoms with Crippen molar-refractivity contribution in [2.75, 3.05) is 18.5 Å². The van der Waals surface area contributed by atoms with Crippen LogP contribution in [0.5, 0.6) is 0 Å². The SMILES string of the molecule is C[C@H](O)c1cccc(F)c1N(C)CCc1cccs1. The van der Waals surface area contributed by atoms with Gasteiger partial charge in [0.1, 0.15) is 5.82 Å². The van der Waals surface area contributed by atoms with Crippen molar-refractivity contribution in [3.8, 4) is 0 Å². The highest BCUT2D eigenvalue weighted by molar-refractivity contribution is 7.09. The fourth-order valence-corrected chi connectivity index (χ4v) is 2.81. The summed E-state index contributed by atoms with van der Waals surface area (Å²) < 4.78 is 14.0. The van der Waals surface area contributed by atoms with Gasteiger partial charge in [-0.05, 0) is 30.9 Å². The summed E-state index contributed by atoms with van der Waals surface area (Å²) in [5.74, 6) is -0.285. The normalized spacial score (nSPS) is 12.4. The van der Waals surface area contributed by atoms with Crippen LogP contribution in [0, 0.1) is 5.82 Å². The number of nitrogens with zero attached hydrogens (tertiary/aromatic N) is 1. The Morgan fingerprint density at radius 2 is 2.11 bits per heavy atom. The Morgan fingerprint density at radius 1 is 1.32 bits per heavy atom.